The van der Waals surface area contributed by atoms with Crippen molar-refractivity contribution in [3.63, 3.8) is 0 Å². The van der Waals surface area contributed by atoms with E-state index in [0.29, 0.717) is 11.5 Å². The molecule has 0 radical (unpaired) electrons. The van der Waals surface area contributed by atoms with Crippen LogP contribution >= 0.6 is 0 Å². The third-order valence-corrected chi connectivity index (χ3v) is 4.84. The number of likely N-dealkylation sites (tertiary alicyclic amines) is 1. The molecule has 1 aliphatic rings. The van der Waals surface area contributed by atoms with Gasteiger partial charge in [0.25, 0.3) is 5.91 Å². The summed E-state index contributed by atoms with van der Waals surface area (Å²) in [6.45, 7) is 1.60. The summed E-state index contributed by atoms with van der Waals surface area (Å²) in [4.78, 5) is 19.4. The Morgan fingerprint density at radius 2 is 2.00 bits per heavy atom. The first kappa shape index (κ1) is 16.4. The van der Waals surface area contributed by atoms with Crippen LogP contribution < -0.4 is 0 Å². The quantitative estimate of drug-likeness (QED) is 0.728. The summed E-state index contributed by atoms with van der Waals surface area (Å²) in [7, 11) is 0. The molecule has 1 unspecified atom stereocenters. The molecule has 0 saturated carbocycles. The van der Waals surface area contributed by atoms with E-state index in [1.807, 2.05) is 47.5 Å². The van der Waals surface area contributed by atoms with Crippen molar-refractivity contribution in [2.45, 2.75) is 19.3 Å². The van der Waals surface area contributed by atoms with Crippen LogP contribution in [0.15, 0.2) is 61.3 Å². The van der Waals surface area contributed by atoms with Gasteiger partial charge in [-0.2, -0.15) is 0 Å². The highest BCUT2D eigenvalue weighted by Gasteiger charge is 2.25. The van der Waals surface area contributed by atoms with Crippen LogP contribution in [0.5, 0.6) is 0 Å². The molecule has 132 valence electrons. The predicted octanol–water partition coefficient (Wildman–Crippen LogP) is 2.76. The molecule has 1 aliphatic heterocycles. The molecule has 1 aromatic carbocycles. The van der Waals surface area contributed by atoms with E-state index >= 15 is 0 Å². The second kappa shape index (κ2) is 7.47. The highest BCUT2D eigenvalue weighted by molar-refractivity contribution is 5.94. The number of aromatic nitrogens is 4. The van der Waals surface area contributed by atoms with Crippen LogP contribution in [-0.2, 0) is 6.42 Å². The van der Waals surface area contributed by atoms with Gasteiger partial charge in [-0.25, -0.2) is 0 Å². The average molecular weight is 347 g/mol. The Bertz CT molecular complexity index is 863. The lowest BCUT2D eigenvalue weighted by molar-refractivity contribution is 0.0672. The van der Waals surface area contributed by atoms with E-state index in [-0.39, 0.29) is 5.91 Å². The fraction of sp³-hybridized carbons (Fsp3) is 0.300. The first-order chi connectivity index (χ1) is 12.8. The summed E-state index contributed by atoms with van der Waals surface area (Å²) in [6, 6.07) is 13.6. The summed E-state index contributed by atoms with van der Waals surface area (Å²) in [5.74, 6) is 0.550. The van der Waals surface area contributed by atoms with Crippen LogP contribution in [0.3, 0.4) is 0 Å². The van der Waals surface area contributed by atoms with Crippen LogP contribution in [0.25, 0.3) is 5.69 Å². The van der Waals surface area contributed by atoms with Crippen molar-refractivity contribution in [2.24, 2.45) is 5.92 Å². The number of pyridine rings is 1. The van der Waals surface area contributed by atoms with Crippen molar-refractivity contribution >= 4 is 5.91 Å². The number of hydrogen-bond donors (Lipinski definition) is 0. The second-order valence-corrected chi connectivity index (χ2v) is 6.70. The molecule has 3 heterocycles. The minimum atomic E-state index is 0.0886. The van der Waals surface area contributed by atoms with E-state index in [9.17, 15) is 4.79 Å². The van der Waals surface area contributed by atoms with Gasteiger partial charge in [-0.3, -0.25) is 14.3 Å². The Kier molecular flexibility index (Phi) is 4.73. The number of hydrogen-bond acceptors (Lipinski definition) is 4. The van der Waals surface area contributed by atoms with E-state index in [1.54, 1.807) is 17.2 Å². The van der Waals surface area contributed by atoms with E-state index in [1.165, 1.54) is 0 Å². The van der Waals surface area contributed by atoms with Gasteiger partial charge in [-0.05, 0) is 55.5 Å². The highest BCUT2D eigenvalue weighted by atomic mass is 16.2. The maximum atomic E-state index is 13.0. The van der Waals surface area contributed by atoms with Gasteiger partial charge >= 0.3 is 0 Å². The normalized spacial score (nSPS) is 17.2. The van der Waals surface area contributed by atoms with Gasteiger partial charge in [0.1, 0.15) is 12.7 Å². The lowest BCUT2D eigenvalue weighted by Gasteiger charge is -2.33. The topological polar surface area (TPSA) is 63.9 Å². The fourth-order valence-corrected chi connectivity index (χ4v) is 3.55. The molecule has 0 spiro atoms. The lowest BCUT2D eigenvalue weighted by Crippen LogP contribution is -2.40. The minimum Gasteiger partial charge on any atom is -0.338 e. The van der Waals surface area contributed by atoms with Crippen LogP contribution in [0.1, 0.15) is 28.9 Å². The maximum absolute atomic E-state index is 13.0. The highest BCUT2D eigenvalue weighted by Crippen LogP contribution is 2.22. The molecule has 1 fully saturated rings. The lowest BCUT2D eigenvalue weighted by atomic mass is 9.92. The summed E-state index contributed by atoms with van der Waals surface area (Å²) in [5, 5.41) is 7.65. The predicted molar refractivity (Wildman–Crippen MR) is 97.9 cm³/mol. The van der Waals surface area contributed by atoms with Gasteiger partial charge in [0, 0.05) is 36.2 Å². The minimum absolute atomic E-state index is 0.0886. The van der Waals surface area contributed by atoms with Crippen molar-refractivity contribution < 1.29 is 4.79 Å². The van der Waals surface area contributed by atoms with Crippen LogP contribution in [0, 0.1) is 5.92 Å². The molecule has 6 nitrogen and oxygen atoms in total. The van der Waals surface area contributed by atoms with Crippen molar-refractivity contribution in [1.29, 1.82) is 0 Å². The summed E-state index contributed by atoms with van der Waals surface area (Å²) in [6.07, 6.45) is 8.19. The number of benzene rings is 1. The van der Waals surface area contributed by atoms with Crippen molar-refractivity contribution in [3.05, 3.63) is 72.6 Å². The van der Waals surface area contributed by atoms with Crippen molar-refractivity contribution in [2.75, 3.05) is 13.1 Å². The zero-order valence-corrected chi connectivity index (χ0v) is 14.5. The van der Waals surface area contributed by atoms with E-state index < -0.39 is 0 Å². The Balaban J connectivity index is 1.47. The molecular formula is C20H21N5O. The Morgan fingerprint density at radius 1 is 1.12 bits per heavy atom. The Morgan fingerprint density at radius 3 is 2.81 bits per heavy atom. The standard InChI is InChI=1S/C20H21N5O/c26-20(17-6-3-8-19(12-17)25-14-22-23-15-25)24-10-4-5-16(13-24)11-18-7-1-2-9-21-18/h1-3,6-9,12,14-16H,4-5,10-11,13H2. The zero-order chi connectivity index (χ0) is 17.8. The molecule has 26 heavy (non-hydrogen) atoms. The van der Waals surface area contributed by atoms with Gasteiger partial charge in [-0.15, -0.1) is 10.2 Å². The second-order valence-electron chi connectivity index (χ2n) is 6.70. The molecule has 0 N–H and O–H groups in total. The smallest absolute Gasteiger partial charge is 0.253 e. The van der Waals surface area contributed by atoms with Crippen molar-refractivity contribution in [3.8, 4) is 5.69 Å². The number of nitrogens with zero attached hydrogens (tertiary/aromatic N) is 5. The van der Waals surface area contributed by atoms with Crippen LogP contribution in [-0.4, -0.2) is 43.6 Å². The van der Waals surface area contributed by atoms with Crippen LogP contribution in [0.4, 0.5) is 0 Å². The van der Waals surface area contributed by atoms with Gasteiger partial charge in [0.05, 0.1) is 0 Å². The van der Waals surface area contributed by atoms with Gasteiger partial charge in [0.15, 0.2) is 0 Å². The van der Waals surface area contributed by atoms with Gasteiger partial charge in [-0.1, -0.05) is 12.1 Å². The Labute approximate surface area is 152 Å². The molecule has 0 aliphatic carbocycles. The fourth-order valence-electron chi connectivity index (χ4n) is 3.55. The third-order valence-electron chi connectivity index (χ3n) is 4.84. The van der Waals surface area contributed by atoms with Gasteiger partial charge < -0.3 is 4.90 Å². The summed E-state index contributed by atoms with van der Waals surface area (Å²) < 4.78 is 1.80. The monoisotopic (exact) mass is 347 g/mol. The number of carbonyl (C=O) groups is 1. The largest absolute Gasteiger partial charge is 0.338 e. The van der Waals surface area contributed by atoms with Crippen molar-refractivity contribution in [1.82, 2.24) is 24.6 Å². The van der Waals surface area contributed by atoms with Gasteiger partial charge in [0.2, 0.25) is 0 Å². The summed E-state index contributed by atoms with van der Waals surface area (Å²) >= 11 is 0. The molecule has 6 heteroatoms. The molecule has 2 aromatic heterocycles. The first-order valence-electron chi connectivity index (χ1n) is 8.94. The molecule has 1 amide bonds. The molecule has 1 atom stereocenters. The number of amides is 1. The number of piperidine rings is 1. The number of carbonyl (C=O) groups excluding carboxylic acids is 1. The first-order valence-corrected chi connectivity index (χ1v) is 8.94. The molecular weight excluding hydrogens is 326 g/mol. The third kappa shape index (κ3) is 3.64. The van der Waals surface area contributed by atoms with E-state index in [2.05, 4.69) is 21.2 Å². The van der Waals surface area contributed by atoms with E-state index in [4.69, 9.17) is 0 Å². The van der Waals surface area contributed by atoms with Crippen LogP contribution in [0.2, 0.25) is 0 Å². The average Bonchev–Trinajstić information content (AvgIpc) is 3.23. The SMILES string of the molecule is O=C(c1cccc(-n2cnnc2)c1)N1CCCC(Cc2ccccn2)C1. The maximum Gasteiger partial charge on any atom is 0.253 e. The molecule has 4 rings (SSSR count). The summed E-state index contributed by atoms with van der Waals surface area (Å²) in [5.41, 5.74) is 2.69. The number of rotatable bonds is 4. The molecule has 0 bridgehead atoms. The Hall–Kier alpha value is -3.02. The molecule has 3 aromatic rings. The van der Waals surface area contributed by atoms with E-state index in [0.717, 1.165) is 43.7 Å². The molecule has 1 saturated heterocycles. The zero-order valence-electron chi connectivity index (χ0n) is 14.5.